The van der Waals surface area contributed by atoms with Crippen molar-refractivity contribution in [1.82, 2.24) is 10.9 Å². The maximum atomic E-state index is 12.2. The molecule has 1 unspecified atom stereocenters. The summed E-state index contributed by atoms with van der Waals surface area (Å²) in [6.45, 7) is 3.78. The Kier molecular flexibility index (Phi) is 7.30. The van der Waals surface area contributed by atoms with Gasteiger partial charge < -0.3 is 9.47 Å². The van der Waals surface area contributed by atoms with Crippen molar-refractivity contribution in [2.45, 2.75) is 26.4 Å². The molecule has 0 aliphatic rings. The average molecular weight is 471 g/mol. The maximum absolute atomic E-state index is 12.2. The van der Waals surface area contributed by atoms with Gasteiger partial charge in [-0.3, -0.25) is 20.4 Å². The van der Waals surface area contributed by atoms with Gasteiger partial charge in [-0.05, 0) is 70.4 Å². The predicted octanol–water partition coefficient (Wildman–Crippen LogP) is 4.62. The molecule has 6 nitrogen and oxygen atoms in total. The smallest absolute Gasteiger partial charge is 0.276 e. The van der Waals surface area contributed by atoms with E-state index in [-0.39, 0.29) is 12.7 Å². The number of hydrazine groups is 1. The van der Waals surface area contributed by atoms with Gasteiger partial charge in [0.1, 0.15) is 11.5 Å². The van der Waals surface area contributed by atoms with Crippen molar-refractivity contribution >= 4 is 38.5 Å². The molecule has 0 heterocycles. The highest BCUT2D eigenvalue weighted by molar-refractivity contribution is 9.10. The molecule has 0 radical (unpaired) electrons. The second-order valence-corrected chi connectivity index (χ2v) is 7.54. The van der Waals surface area contributed by atoms with Gasteiger partial charge in [-0.1, -0.05) is 37.3 Å². The highest BCUT2D eigenvalue weighted by Crippen LogP contribution is 2.32. The molecule has 3 rings (SSSR count). The average Bonchev–Trinajstić information content (AvgIpc) is 2.77. The molecule has 0 fully saturated rings. The van der Waals surface area contributed by atoms with Crippen LogP contribution in [0.25, 0.3) is 10.8 Å². The summed E-state index contributed by atoms with van der Waals surface area (Å²) >= 11 is 3.51. The van der Waals surface area contributed by atoms with Gasteiger partial charge in [0.2, 0.25) is 0 Å². The minimum absolute atomic E-state index is 0.103. The Balaban J connectivity index is 1.50. The lowest BCUT2D eigenvalue weighted by molar-refractivity contribution is -0.123. The first-order valence-corrected chi connectivity index (χ1v) is 10.4. The van der Waals surface area contributed by atoms with Crippen molar-refractivity contribution in [3.05, 3.63) is 70.7 Å². The molecule has 3 aromatic carbocycles. The molecule has 0 bridgehead atoms. The molecule has 0 aliphatic carbocycles. The largest absolute Gasteiger partial charge is 0.491 e. The standard InChI is InChI=1S/C23H23BrN2O4/c1-3-15(2)30-18-11-8-17(9-12-18)23(28)26-25-21(27)14-29-20-13-10-16-6-4-5-7-19(16)22(20)24/h4-13,15H,3,14H2,1-2H3,(H,25,27)(H,26,28). The fraction of sp³-hybridized carbons (Fsp3) is 0.217. The third kappa shape index (κ3) is 5.51. The van der Waals surface area contributed by atoms with Crippen LogP contribution in [0, 0.1) is 0 Å². The van der Waals surface area contributed by atoms with Crippen LogP contribution in [0.4, 0.5) is 0 Å². The number of nitrogens with one attached hydrogen (secondary N) is 2. The number of rotatable bonds is 7. The summed E-state index contributed by atoms with van der Waals surface area (Å²) < 4.78 is 12.0. The van der Waals surface area contributed by atoms with Gasteiger partial charge in [0.05, 0.1) is 10.6 Å². The van der Waals surface area contributed by atoms with E-state index >= 15 is 0 Å². The minimum Gasteiger partial charge on any atom is -0.491 e. The van der Waals surface area contributed by atoms with Crippen molar-refractivity contribution in [2.24, 2.45) is 0 Å². The van der Waals surface area contributed by atoms with Gasteiger partial charge in [-0.15, -0.1) is 0 Å². The first kappa shape index (κ1) is 21.6. The molecule has 2 N–H and O–H groups in total. The van der Waals surface area contributed by atoms with Crippen molar-refractivity contribution in [2.75, 3.05) is 6.61 Å². The summed E-state index contributed by atoms with van der Waals surface area (Å²) in [4.78, 5) is 24.2. The van der Waals surface area contributed by atoms with Crippen LogP contribution in [-0.4, -0.2) is 24.5 Å². The van der Waals surface area contributed by atoms with E-state index in [2.05, 4.69) is 26.8 Å². The first-order valence-electron chi connectivity index (χ1n) is 9.64. The molecule has 30 heavy (non-hydrogen) atoms. The molecule has 0 saturated heterocycles. The van der Waals surface area contributed by atoms with Gasteiger partial charge in [0.15, 0.2) is 6.61 Å². The number of hydrogen-bond donors (Lipinski definition) is 2. The van der Waals surface area contributed by atoms with E-state index < -0.39 is 11.8 Å². The first-order chi connectivity index (χ1) is 14.5. The molecule has 0 aromatic heterocycles. The maximum Gasteiger partial charge on any atom is 0.276 e. The molecule has 1 atom stereocenters. The number of halogens is 1. The molecule has 2 amide bonds. The number of amides is 2. The lowest BCUT2D eigenvalue weighted by Gasteiger charge is -2.13. The second kappa shape index (κ2) is 10.1. The van der Waals surface area contributed by atoms with E-state index in [4.69, 9.17) is 9.47 Å². The highest BCUT2D eigenvalue weighted by Gasteiger charge is 2.11. The fourth-order valence-electron chi connectivity index (χ4n) is 2.70. The Morgan fingerprint density at radius 1 is 1.00 bits per heavy atom. The molecular weight excluding hydrogens is 448 g/mol. The van der Waals surface area contributed by atoms with Crippen molar-refractivity contribution in [3.63, 3.8) is 0 Å². The van der Waals surface area contributed by atoms with Gasteiger partial charge in [0.25, 0.3) is 11.8 Å². The quantitative estimate of drug-likeness (QED) is 0.493. The number of fused-ring (bicyclic) bond motifs is 1. The third-order valence-electron chi connectivity index (χ3n) is 4.53. The Morgan fingerprint density at radius 2 is 1.73 bits per heavy atom. The van der Waals surface area contributed by atoms with Gasteiger partial charge in [0, 0.05) is 5.56 Å². The second-order valence-electron chi connectivity index (χ2n) is 6.75. The highest BCUT2D eigenvalue weighted by atomic mass is 79.9. The van der Waals surface area contributed by atoms with Gasteiger partial charge in [-0.2, -0.15) is 0 Å². The topological polar surface area (TPSA) is 76.7 Å². The Hall–Kier alpha value is -3.06. The SMILES string of the molecule is CCC(C)Oc1ccc(C(=O)NNC(=O)COc2ccc3ccccc3c2Br)cc1. The van der Waals surface area contributed by atoms with Crippen LogP contribution in [0.1, 0.15) is 30.6 Å². The molecule has 0 spiro atoms. The zero-order valence-corrected chi connectivity index (χ0v) is 18.4. The van der Waals surface area contributed by atoms with E-state index in [0.29, 0.717) is 17.1 Å². The zero-order chi connectivity index (χ0) is 21.5. The predicted molar refractivity (Wildman–Crippen MR) is 120 cm³/mol. The lowest BCUT2D eigenvalue weighted by atomic mass is 10.1. The normalized spacial score (nSPS) is 11.6. The Morgan fingerprint density at radius 3 is 2.47 bits per heavy atom. The summed E-state index contributed by atoms with van der Waals surface area (Å²) in [6.07, 6.45) is 0.998. The number of hydrogen-bond acceptors (Lipinski definition) is 4. The van der Waals surface area contributed by atoms with E-state index in [0.717, 1.165) is 21.7 Å². The van der Waals surface area contributed by atoms with Crippen molar-refractivity contribution in [3.8, 4) is 11.5 Å². The van der Waals surface area contributed by atoms with Crippen LogP contribution in [0.5, 0.6) is 11.5 Å². The fourth-order valence-corrected chi connectivity index (χ4v) is 3.31. The monoisotopic (exact) mass is 470 g/mol. The van der Waals surface area contributed by atoms with Gasteiger partial charge >= 0.3 is 0 Å². The van der Waals surface area contributed by atoms with Crippen molar-refractivity contribution < 1.29 is 19.1 Å². The summed E-state index contributed by atoms with van der Waals surface area (Å²) in [7, 11) is 0. The summed E-state index contributed by atoms with van der Waals surface area (Å²) in [6, 6.07) is 18.3. The van der Waals surface area contributed by atoms with E-state index in [1.165, 1.54) is 0 Å². The number of benzene rings is 3. The number of carbonyl (C=O) groups is 2. The summed E-state index contributed by atoms with van der Waals surface area (Å²) in [5.74, 6) is 0.344. The van der Waals surface area contributed by atoms with Crippen LogP contribution >= 0.6 is 15.9 Å². The number of ether oxygens (including phenoxy) is 2. The Bertz CT molecular complexity index is 1040. The van der Waals surface area contributed by atoms with Gasteiger partial charge in [-0.25, -0.2) is 0 Å². The molecule has 0 saturated carbocycles. The third-order valence-corrected chi connectivity index (χ3v) is 5.35. The van der Waals surface area contributed by atoms with Crippen LogP contribution in [-0.2, 0) is 4.79 Å². The van der Waals surface area contributed by atoms with Crippen LogP contribution in [0.15, 0.2) is 65.1 Å². The van der Waals surface area contributed by atoms with E-state index in [1.807, 2.05) is 44.2 Å². The summed E-state index contributed by atoms with van der Waals surface area (Å²) in [5.41, 5.74) is 5.14. The summed E-state index contributed by atoms with van der Waals surface area (Å²) in [5, 5.41) is 2.05. The number of carbonyl (C=O) groups excluding carboxylic acids is 2. The van der Waals surface area contributed by atoms with E-state index in [1.54, 1.807) is 30.3 Å². The van der Waals surface area contributed by atoms with Crippen LogP contribution < -0.4 is 20.3 Å². The van der Waals surface area contributed by atoms with Crippen molar-refractivity contribution in [1.29, 1.82) is 0 Å². The van der Waals surface area contributed by atoms with Crippen LogP contribution in [0.3, 0.4) is 0 Å². The molecule has 7 heteroatoms. The lowest BCUT2D eigenvalue weighted by Crippen LogP contribution is -2.43. The molecule has 156 valence electrons. The molecule has 0 aliphatic heterocycles. The molecular formula is C23H23BrN2O4. The van der Waals surface area contributed by atoms with E-state index in [9.17, 15) is 9.59 Å². The Labute approximate surface area is 183 Å². The zero-order valence-electron chi connectivity index (χ0n) is 16.8. The minimum atomic E-state index is -0.472. The molecule has 3 aromatic rings. The van der Waals surface area contributed by atoms with Crippen LogP contribution in [0.2, 0.25) is 0 Å².